The number of aliphatic hydroxyl groups is 1. The molecule has 16 heavy (non-hydrogen) atoms. The van der Waals surface area contributed by atoms with Gasteiger partial charge in [0, 0.05) is 18.4 Å². The molecule has 0 bridgehead atoms. The van der Waals surface area contributed by atoms with Crippen molar-refractivity contribution >= 4 is 0 Å². The molecule has 0 aromatic carbocycles. The average Bonchev–Trinajstić information content (AvgIpc) is 2.30. The smallest absolute Gasteiger partial charge is 0.154 e. The summed E-state index contributed by atoms with van der Waals surface area (Å²) >= 11 is 0. The summed E-state index contributed by atoms with van der Waals surface area (Å²) < 4.78 is 4.08. The summed E-state index contributed by atoms with van der Waals surface area (Å²) in [6.07, 6.45) is 5.29. The van der Waals surface area contributed by atoms with E-state index in [0.717, 1.165) is 18.8 Å². The van der Waals surface area contributed by atoms with Crippen LogP contribution in [-0.4, -0.2) is 23.7 Å². The molecule has 0 aliphatic rings. The molecule has 0 unspecified atom stereocenters. The minimum Gasteiger partial charge on any atom is -0.460 e. The molecule has 2 N–H and O–H groups in total. The Kier molecular flexibility index (Phi) is 8.75. The number of methoxy groups -OCH3 is 1. The van der Waals surface area contributed by atoms with E-state index in [1.54, 1.807) is 6.11 Å². The molecule has 4 heteroatoms. The van der Waals surface area contributed by atoms with Crippen molar-refractivity contribution in [2.75, 3.05) is 13.7 Å². The van der Waals surface area contributed by atoms with Gasteiger partial charge in [0.05, 0.1) is 7.11 Å². The predicted octanol–water partition coefficient (Wildman–Crippen LogP) is 1.42. The Balaban J connectivity index is 0.000000385. The zero-order valence-electron chi connectivity index (χ0n) is 9.95. The molecule has 0 saturated carbocycles. The number of hydrogen-bond acceptors (Lipinski definition) is 4. The molecule has 88 valence electrons. The van der Waals surface area contributed by atoms with Gasteiger partial charge in [0.15, 0.2) is 12.2 Å². The lowest BCUT2D eigenvalue weighted by atomic mass is 10.2. The number of hydrogen-bond donors (Lipinski definition) is 2. The first-order chi connectivity index (χ1) is 7.76. The first-order valence-electron chi connectivity index (χ1n) is 5.04. The SMILES string of the molecule is CCNCc1cccnc1C.COC#CO. The van der Waals surface area contributed by atoms with Crippen molar-refractivity contribution < 1.29 is 9.84 Å². The zero-order valence-corrected chi connectivity index (χ0v) is 9.95. The van der Waals surface area contributed by atoms with Gasteiger partial charge in [-0.3, -0.25) is 4.98 Å². The molecule has 0 aliphatic carbocycles. The minimum atomic E-state index is 0.927. The van der Waals surface area contributed by atoms with E-state index in [4.69, 9.17) is 5.11 Å². The van der Waals surface area contributed by atoms with Gasteiger partial charge < -0.3 is 15.2 Å². The van der Waals surface area contributed by atoms with Crippen LogP contribution < -0.4 is 5.32 Å². The normalized spacial score (nSPS) is 8.19. The Bertz CT molecular complexity index is 342. The number of rotatable bonds is 3. The van der Waals surface area contributed by atoms with Crippen LogP contribution in [0.25, 0.3) is 0 Å². The maximum atomic E-state index is 7.58. The second-order valence-electron chi connectivity index (χ2n) is 2.95. The van der Waals surface area contributed by atoms with Crippen LogP contribution in [-0.2, 0) is 11.3 Å². The fourth-order valence-electron chi connectivity index (χ4n) is 1.01. The van der Waals surface area contributed by atoms with Crippen molar-refractivity contribution in [2.45, 2.75) is 20.4 Å². The zero-order chi connectivity index (χ0) is 12.2. The van der Waals surface area contributed by atoms with E-state index in [0.29, 0.717) is 0 Å². The predicted molar refractivity (Wildman–Crippen MR) is 63.1 cm³/mol. The highest BCUT2D eigenvalue weighted by molar-refractivity contribution is 5.17. The molecule has 0 saturated heterocycles. The molecule has 0 fully saturated rings. The number of nitrogens with one attached hydrogen (secondary N) is 1. The molecule has 0 spiro atoms. The fourth-order valence-corrected chi connectivity index (χ4v) is 1.01. The Morgan fingerprint density at radius 2 is 2.31 bits per heavy atom. The molecule has 4 nitrogen and oxygen atoms in total. The van der Waals surface area contributed by atoms with E-state index in [1.807, 2.05) is 25.3 Å². The van der Waals surface area contributed by atoms with Gasteiger partial charge >= 0.3 is 0 Å². The quantitative estimate of drug-likeness (QED) is 0.759. The first kappa shape index (κ1) is 14.3. The maximum absolute atomic E-state index is 7.58. The molecule has 1 aromatic rings. The van der Waals surface area contributed by atoms with Gasteiger partial charge in [0.1, 0.15) is 0 Å². The Hall–Kier alpha value is -1.73. The number of ether oxygens (including phenoxy) is 1. The largest absolute Gasteiger partial charge is 0.460 e. The number of aryl methyl sites for hydroxylation is 1. The van der Waals surface area contributed by atoms with E-state index in [1.165, 1.54) is 12.7 Å². The van der Waals surface area contributed by atoms with Crippen LogP contribution >= 0.6 is 0 Å². The van der Waals surface area contributed by atoms with Crippen LogP contribution in [0.2, 0.25) is 0 Å². The third-order valence-corrected chi connectivity index (χ3v) is 1.83. The molecule has 0 atom stereocenters. The third-order valence-electron chi connectivity index (χ3n) is 1.83. The molecule has 0 aliphatic heterocycles. The van der Waals surface area contributed by atoms with Gasteiger partial charge in [-0.2, -0.15) is 0 Å². The number of nitrogens with zero attached hydrogens (tertiary/aromatic N) is 1. The molecule has 0 amide bonds. The summed E-state index contributed by atoms with van der Waals surface area (Å²) in [5.74, 6) is 0. The van der Waals surface area contributed by atoms with Gasteiger partial charge in [0.2, 0.25) is 0 Å². The van der Waals surface area contributed by atoms with Crippen LogP contribution in [0.1, 0.15) is 18.2 Å². The second kappa shape index (κ2) is 9.81. The van der Waals surface area contributed by atoms with Gasteiger partial charge in [-0.25, -0.2) is 0 Å². The van der Waals surface area contributed by atoms with Crippen LogP contribution in [0.5, 0.6) is 0 Å². The standard InChI is InChI=1S/C9H14N2.C3H4O2/c1-3-10-7-9-5-4-6-11-8(9)2;1-5-3-2-4/h4-6,10H,3,7H2,1-2H3;4H,1H3. The highest BCUT2D eigenvalue weighted by Gasteiger charge is 1.94. The van der Waals surface area contributed by atoms with E-state index >= 15 is 0 Å². The van der Waals surface area contributed by atoms with Crippen LogP contribution in [0.15, 0.2) is 18.3 Å². The van der Waals surface area contributed by atoms with Crippen molar-refractivity contribution in [3.63, 3.8) is 0 Å². The lowest BCUT2D eigenvalue weighted by Gasteiger charge is -2.03. The summed E-state index contributed by atoms with van der Waals surface area (Å²) in [6.45, 7) is 6.07. The average molecular weight is 222 g/mol. The number of aromatic nitrogens is 1. The summed E-state index contributed by atoms with van der Waals surface area (Å²) in [4.78, 5) is 4.19. The Morgan fingerprint density at radius 3 is 2.75 bits per heavy atom. The molecule has 1 heterocycles. The third kappa shape index (κ3) is 6.68. The van der Waals surface area contributed by atoms with E-state index < -0.39 is 0 Å². The first-order valence-corrected chi connectivity index (χ1v) is 5.04. The monoisotopic (exact) mass is 222 g/mol. The van der Waals surface area contributed by atoms with Crippen molar-refractivity contribution in [1.29, 1.82) is 0 Å². The molecule has 0 radical (unpaired) electrons. The van der Waals surface area contributed by atoms with Gasteiger partial charge in [-0.15, -0.1) is 0 Å². The Morgan fingerprint density at radius 1 is 1.56 bits per heavy atom. The highest BCUT2D eigenvalue weighted by atomic mass is 16.5. The molecular formula is C12H18N2O2. The van der Waals surface area contributed by atoms with Crippen molar-refractivity contribution in [3.05, 3.63) is 29.6 Å². The van der Waals surface area contributed by atoms with E-state index in [2.05, 4.69) is 28.0 Å². The lowest BCUT2D eigenvalue weighted by Crippen LogP contribution is -2.12. The van der Waals surface area contributed by atoms with Gasteiger partial charge in [-0.05, 0) is 25.1 Å². The summed E-state index contributed by atoms with van der Waals surface area (Å²) in [5.41, 5.74) is 2.41. The lowest BCUT2D eigenvalue weighted by molar-refractivity contribution is 0.362. The van der Waals surface area contributed by atoms with Crippen LogP contribution in [0, 0.1) is 19.1 Å². The highest BCUT2D eigenvalue weighted by Crippen LogP contribution is 2.01. The molecule has 1 rings (SSSR count). The summed E-state index contributed by atoms with van der Waals surface area (Å²) in [5, 5.41) is 10.8. The van der Waals surface area contributed by atoms with Crippen molar-refractivity contribution in [3.8, 4) is 12.2 Å². The maximum Gasteiger partial charge on any atom is 0.154 e. The van der Waals surface area contributed by atoms with Crippen molar-refractivity contribution in [2.24, 2.45) is 0 Å². The van der Waals surface area contributed by atoms with Gasteiger partial charge in [0.25, 0.3) is 0 Å². The van der Waals surface area contributed by atoms with Crippen LogP contribution in [0.3, 0.4) is 0 Å². The summed E-state index contributed by atoms with van der Waals surface area (Å²) in [6, 6.07) is 4.07. The number of aliphatic hydroxyl groups excluding tert-OH is 1. The van der Waals surface area contributed by atoms with Gasteiger partial charge in [-0.1, -0.05) is 13.0 Å². The molecule has 1 aromatic heterocycles. The second-order valence-corrected chi connectivity index (χ2v) is 2.95. The topological polar surface area (TPSA) is 54.4 Å². The van der Waals surface area contributed by atoms with E-state index in [-0.39, 0.29) is 0 Å². The van der Waals surface area contributed by atoms with E-state index in [9.17, 15) is 0 Å². The number of pyridine rings is 1. The molecular weight excluding hydrogens is 204 g/mol. The Labute approximate surface area is 96.7 Å². The van der Waals surface area contributed by atoms with Crippen LogP contribution in [0.4, 0.5) is 0 Å². The van der Waals surface area contributed by atoms with Crippen molar-refractivity contribution in [1.82, 2.24) is 10.3 Å². The minimum absolute atomic E-state index is 0.927. The fraction of sp³-hybridized carbons (Fsp3) is 0.417. The summed E-state index contributed by atoms with van der Waals surface area (Å²) in [7, 11) is 1.38.